The molecule has 1 unspecified atom stereocenters. The van der Waals surface area contributed by atoms with Crippen LogP contribution in [0.4, 0.5) is 0 Å². The highest BCUT2D eigenvalue weighted by Crippen LogP contribution is 2.09. The molecule has 1 amide bonds. The smallest absolute Gasteiger partial charge is 0.352 e. The minimum Gasteiger partial charge on any atom is -0.477 e. The van der Waals surface area contributed by atoms with Crippen LogP contribution in [0.5, 0.6) is 0 Å². The molecule has 2 aromatic heterocycles. The molecule has 19 heavy (non-hydrogen) atoms. The third kappa shape index (κ3) is 3.01. The Morgan fingerprint density at radius 2 is 2.37 bits per heavy atom. The van der Waals surface area contributed by atoms with Gasteiger partial charge in [0.05, 0.1) is 12.2 Å². The number of aromatic amines is 1. The minimum atomic E-state index is -1.05. The van der Waals surface area contributed by atoms with E-state index in [1.54, 1.807) is 24.7 Å². The van der Waals surface area contributed by atoms with E-state index in [0.717, 1.165) is 5.56 Å². The molecular formula is C12H14N4O3. The zero-order valence-electron chi connectivity index (χ0n) is 10.3. The predicted octanol–water partition coefficient (Wildman–Crippen LogP) is 0.787. The van der Waals surface area contributed by atoms with Gasteiger partial charge in [-0.05, 0) is 19.1 Å². The molecule has 0 aliphatic carbocycles. The first kappa shape index (κ1) is 12.9. The average Bonchev–Trinajstić information content (AvgIpc) is 2.98. The minimum absolute atomic E-state index is 0.0309. The fraction of sp³-hybridized carbons (Fsp3) is 0.250. The Morgan fingerprint density at radius 3 is 3.00 bits per heavy atom. The van der Waals surface area contributed by atoms with E-state index < -0.39 is 5.97 Å². The van der Waals surface area contributed by atoms with Crippen LogP contribution >= 0.6 is 0 Å². The lowest BCUT2D eigenvalue weighted by molar-refractivity contribution is -0.122. The number of nitrogens with one attached hydrogen (secondary N) is 2. The van der Waals surface area contributed by atoms with Crippen molar-refractivity contribution in [1.82, 2.24) is 20.1 Å². The van der Waals surface area contributed by atoms with Gasteiger partial charge in [-0.15, -0.1) is 0 Å². The number of nitrogens with zero attached hydrogens (tertiary/aromatic N) is 2. The van der Waals surface area contributed by atoms with Crippen molar-refractivity contribution < 1.29 is 14.7 Å². The summed E-state index contributed by atoms with van der Waals surface area (Å²) >= 11 is 0. The van der Waals surface area contributed by atoms with Crippen LogP contribution in [0.3, 0.4) is 0 Å². The van der Waals surface area contributed by atoms with Crippen molar-refractivity contribution in [2.45, 2.75) is 19.5 Å². The van der Waals surface area contributed by atoms with E-state index in [1.807, 2.05) is 6.92 Å². The van der Waals surface area contributed by atoms with Gasteiger partial charge in [0.25, 0.3) is 0 Å². The highest BCUT2D eigenvalue weighted by molar-refractivity contribution is 5.86. The number of aromatic nitrogens is 3. The third-order valence-corrected chi connectivity index (χ3v) is 2.76. The number of hydrogen-bond donors (Lipinski definition) is 3. The third-order valence-electron chi connectivity index (χ3n) is 2.76. The SMILES string of the molecule is CC(NC(=O)Cn1cccc1C(=O)O)c1cn[nH]c1. The van der Waals surface area contributed by atoms with E-state index in [4.69, 9.17) is 5.11 Å². The van der Waals surface area contributed by atoms with Gasteiger partial charge in [-0.3, -0.25) is 9.89 Å². The molecule has 0 saturated carbocycles. The number of hydrogen-bond acceptors (Lipinski definition) is 3. The molecule has 2 aromatic rings. The van der Waals surface area contributed by atoms with Gasteiger partial charge in [-0.25, -0.2) is 4.79 Å². The molecular weight excluding hydrogens is 248 g/mol. The molecule has 0 bridgehead atoms. The Hall–Kier alpha value is -2.57. The second kappa shape index (κ2) is 5.38. The summed E-state index contributed by atoms with van der Waals surface area (Å²) in [7, 11) is 0. The van der Waals surface area contributed by atoms with E-state index in [1.165, 1.54) is 10.6 Å². The van der Waals surface area contributed by atoms with Crippen LogP contribution in [0, 0.1) is 0 Å². The molecule has 0 aliphatic rings. The van der Waals surface area contributed by atoms with Crippen LogP contribution in [-0.4, -0.2) is 31.7 Å². The monoisotopic (exact) mass is 262 g/mol. The lowest BCUT2D eigenvalue weighted by Gasteiger charge is -2.13. The molecule has 0 fully saturated rings. The zero-order chi connectivity index (χ0) is 13.8. The summed E-state index contributed by atoms with van der Waals surface area (Å²) in [6.45, 7) is 1.80. The maximum Gasteiger partial charge on any atom is 0.352 e. The van der Waals surface area contributed by atoms with Gasteiger partial charge in [-0.2, -0.15) is 5.10 Å². The van der Waals surface area contributed by atoms with Crippen molar-refractivity contribution in [3.05, 3.63) is 42.0 Å². The molecule has 0 aromatic carbocycles. The van der Waals surface area contributed by atoms with E-state index in [9.17, 15) is 9.59 Å². The number of carbonyl (C=O) groups excluding carboxylic acids is 1. The molecule has 7 nitrogen and oxygen atoms in total. The topological polar surface area (TPSA) is 100 Å². The normalized spacial score (nSPS) is 12.1. The van der Waals surface area contributed by atoms with Crippen LogP contribution in [0.2, 0.25) is 0 Å². The number of rotatable bonds is 5. The Kier molecular flexibility index (Phi) is 3.65. The Morgan fingerprint density at radius 1 is 1.58 bits per heavy atom. The van der Waals surface area contributed by atoms with Gasteiger partial charge in [0.15, 0.2) is 0 Å². The van der Waals surface area contributed by atoms with Crippen molar-refractivity contribution in [3.63, 3.8) is 0 Å². The molecule has 0 spiro atoms. The molecule has 3 N–H and O–H groups in total. The first-order valence-corrected chi connectivity index (χ1v) is 5.74. The predicted molar refractivity (Wildman–Crippen MR) is 66.5 cm³/mol. The highest BCUT2D eigenvalue weighted by atomic mass is 16.4. The van der Waals surface area contributed by atoms with Crippen molar-refractivity contribution >= 4 is 11.9 Å². The molecule has 2 heterocycles. The van der Waals surface area contributed by atoms with Crippen LogP contribution in [0.15, 0.2) is 30.7 Å². The average molecular weight is 262 g/mol. The lowest BCUT2D eigenvalue weighted by Crippen LogP contribution is -2.30. The highest BCUT2D eigenvalue weighted by Gasteiger charge is 2.14. The molecule has 100 valence electrons. The van der Waals surface area contributed by atoms with Crippen molar-refractivity contribution in [2.75, 3.05) is 0 Å². The Balaban J connectivity index is 1.98. The summed E-state index contributed by atoms with van der Waals surface area (Å²) in [5, 5.41) is 18.2. The standard InChI is InChI=1S/C12H14N4O3/c1-8(9-5-13-14-6-9)15-11(17)7-16-4-2-3-10(16)12(18)19/h2-6,8H,7H2,1H3,(H,13,14)(H,15,17)(H,18,19). The molecule has 0 aliphatic heterocycles. The molecule has 7 heteroatoms. The quantitative estimate of drug-likeness (QED) is 0.741. The number of H-pyrrole nitrogens is 1. The summed E-state index contributed by atoms with van der Waals surface area (Å²) in [6.07, 6.45) is 4.89. The van der Waals surface area contributed by atoms with Crippen LogP contribution in [0.1, 0.15) is 29.0 Å². The number of carbonyl (C=O) groups is 2. The van der Waals surface area contributed by atoms with Crippen LogP contribution in [-0.2, 0) is 11.3 Å². The maximum atomic E-state index is 11.8. The number of aromatic carboxylic acids is 1. The van der Waals surface area contributed by atoms with Gasteiger partial charge < -0.3 is 15.0 Å². The largest absolute Gasteiger partial charge is 0.477 e. The van der Waals surface area contributed by atoms with Crippen molar-refractivity contribution in [1.29, 1.82) is 0 Å². The van der Waals surface area contributed by atoms with Gasteiger partial charge in [-0.1, -0.05) is 0 Å². The van der Waals surface area contributed by atoms with Gasteiger partial charge in [0, 0.05) is 18.0 Å². The number of amides is 1. The fourth-order valence-corrected chi connectivity index (χ4v) is 1.77. The van der Waals surface area contributed by atoms with E-state index in [2.05, 4.69) is 15.5 Å². The van der Waals surface area contributed by atoms with Crippen LogP contribution in [0.25, 0.3) is 0 Å². The number of carboxylic acids is 1. The fourth-order valence-electron chi connectivity index (χ4n) is 1.77. The molecule has 0 radical (unpaired) electrons. The summed E-state index contributed by atoms with van der Waals surface area (Å²) in [4.78, 5) is 22.7. The van der Waals surface area contributed by atoms with E-state index in [0.29, 0.717) is 0 Å². The van der Waals surface area contributed by atoms with Gasteiger partial charge >= 0.3 is 5.97 Å². The van der Waals surface area contributed by atoms with Crippen LogP contribution < -0.4 is 5.32 Å². The number of carboxylic acid groups (broad SMARTS) is 1. The van der Waals surface area contributed by atoms with Crippen molar-refractivity contribution in [3.8, 4) is 0 Å². The van der Waals surface area contributed by atoms with Gasteiger partial charge in [0.2, 0.25) is 5.91 Å². The Bertz CT molecular complexity index is 574. The second-order valence-electron chi connectivity index (χ2n) is 4.15. The second-order valence-corrected chi connectivity index (χ2v) is 4.15. The van der Waals surface area contributed by atoms with E-state index >= 15 is 0 Å². The van der Waals surface area contributed by atoms with Crippen molar-refractivity contribution in [2.24, 2.45) is 0 Å². The van der Waals surface area contributed by atoms with E-state index in [-0.39, 0.29) is 24.2 Å². The van der Waals surface area contributed by atoms with Gasteiger partial charge in [0.1, 0.15) is 12.2 Å². The molecule has 1 atom stereocenters. The molecule has 2 rings (SSSR count). The lowest BCUT2D eigenvalue weighted by atomic mass is 10.2. The summed E-state index contributed by atoms with van der Waals surface area (Å²) in [6, 6.07) is 2.86. The zero-order valence-corrected chi connectivity index (χ0v) is 10.3. The summed E-state index contributed by atoms with van der Waals surface area (Å²) in [5.41, 5.74) is 0.949. The first-order chi connectivity index (χ1) is 9.08. The summed E-state index contributed by atoms with van der Waals surface area (Å²) in [5.74, 6) is -1.31. The summed E-state index contributed by atoms with van der Waals surface area (Å²) < 4.78 is 1.39. The Labute approximate surface area is 109 Å². The molecule has 0 saturated heterocycles. The first-order valence-electron chi connectivity index (χ1n) is 5.74. The maximum absolute atomic E-state index is 11.8.